The summed E-state index contributed by atoms with van der Waals surface area (Å²) in [4.78, 5) is 17.5. The summed E-state index contributed by atoms with van der Waals surface area (Å²) in [5.41, 5.74) is 2.86. The van der Waals surface area contributed by atoms with Crippen molar-refractivity contribution in [3.63, 3.8) is 0 Å². The maximum absolute atomic E-state index is 14.2. The zero-order valence-electron chi connectivity index (χ0n) is 20.3. The van der Waals surface area contributed by atoms with Crippen molar-refractivity contribution >= 4 is 49.0 Å². The molecule has 0 radical (unpaired) electrons. The van der Waals surface area contributed by atoms with Gasteiger partial charge in [0.2, 0.25) is 5.13 Å². The molecule has 1 N–H and O–H groups in total. The molecule has 5 aromatic rings. The molecule has 11 heteroatoms. The number of carbonyl (C=O) groups is 1. The molecule has 38 heavy (non-hydrogen) atoms. The van der Waals surface area contributed by atoms with Crippen molar-refractivity contribution in [1.29, 1.82) is 0 Å². The van der Waals surface area contributed by atoms with Crippen molar-refractivity contribution in [2.24, 2.45) is 0 Å². The number of nitrogens with zero attached hydrogens (tertiary/aromatic N) is 4. The number of aryl methyl sites for hydroxylation is 2. The summed E-state index contributed by atoms with van der Waals surface area (Å²) in [7, 11) is -3.78. The Morgan fingerprint density at radius 3 is 2.63 bits per heavy atom. The molecule has 0 unspecified atom stereocenters. The Kier molecular flexibility index (Phi) is 5.96. The number of hydrogen-bond acceptors (Lipinski definition) is 6. The van der Waals surface area contributed by atoms with Gasteiger partial charge in [0.05, 0.1) is 21.0 Å². The summed E-state index contributed by atoms with van der Waals surface area (Å²) in [5, 5.41) is 7.64. The smallest absolute Gasteiger partial charge is 0.264 e. The van der Waals surface area contributed by atoms with E-state index in [1.54, 1.807) is 25.1 Å². The van der Waals surface area contributed by atoms with Crippen LogP contribution in [-0.4, -0.2) is 35.6 Å². The van der Waals surface area contributed by atoms with Crippen LogP contribution in [0.3, 0.4) is 0 Å². The van der Waals surface area contributed by atoms with Crippen LogP contribution in [0, 0.1) is 12.7 Å². The van der Waals surface area contributed by atoms with E-state index in [1.165, 1.54) is 50.7 Å². The standard InChI is InChI=1S/C27H22FN5O3S2/c1-17-16-24(33(31-17)27-30-25-21(28)8-4-10-23(25)37-27)29-26(34)19-11-13-20(14-12-19)38(35,36)32-15-5-7-18-6-2-3-9-22(18)32/h2-4,6,8-14,16H,5,7,15H2,1H3,(H,29,34). The Morgan fingerprint density at radius 2 is 1.84 bits per heavy atom. The number of aromatic nitrogens is 3. The van der Waals surface area contributed by atoms with Crippen LogP contribution in [0.5, 0.6) is 0 Å². The topological polar surface area (TPSA) is 97.2 Å². The van der Waals surface area contributed by atoms with Crippen molar-refractivity contribution < 1.29 is 17.6 Å². The molecular formula is C27H22FN5O3S2. The van der Waals surface area contributed by atoms with E-state index in [0.29, 0.717) is 33.6 Å². The average Bonchev–Trinajstić information content (AvgIpc) is 3.52. The first-order valence-electron chi connectivity index (χ1n) is 12.0. The van der Waals surface area contributed by atoms with Crippen LogP contribution in [0.15, 0.2) is 77.7 Å². The second-order valence-electron chi connectivity index (χ2n) is 8.95. The van der Waals surface area contributed by atoms with E-state index in [1.807, 2.05) is 24.3 Å². The predicted molar refractivity (Wildman–Crippen MR) is 145 cm³/mol. The van der Waals surface area contributed by atoms with Crippen molar-refractivity contribution in [2.45, 2.75) is 24.7 Å². The zero-order valence-corrected chi connectivity index (χ0v) is 21.9. The summed E-state index contributed by atoms with van der Waals surface area (Å²) >= 11 is 1.25. The molecule has 6 rings (SSSR count). The van der Waals surface area contributed by atoms with Gasteiger partial charge in [0, 0.05) is 18.2 Å². The number of sulfonamides is 1. The lowest BCUT2D eigenvalue weighted by Gasteiger charge is -2.30. The van der Waals surface area contributed by atoms with E-state index in [9.17, 15) is 17.6 Å². The Labute approximate surface area is 222 Å². The van der Waals surface area contributed by atoms with Gasteiger partial charge in [-0.25, -0.2) is 17.8 Å². The first-order valence-corrected chi connectivity index (χ1v) is 14.2. The first-order chi connectivity index (χ1) is 18.3. The summed E-state index contributed by atoms with van der Waals surface area (Å²) < 4.78 is 44.5. The number of halogens is 1. The largest absolute Gasteiger partial charge is 0.306 e. The fourth-order valence-electron chi connectivity index (χ4n) is 4.57. The van der Waals surface area contributed by atoms with Gasteiger partial charge in [0.15, 0.2) is 0 Å². The Balaban J connectivity index is 1.25. The molecule has 8 nitrogen and oxygen atoms in total. The lowest BCUT2D eigenvalue weighted by atomic mass is 10.0. The lowest BCUT2D eigenvalue weighted by Crippen LogP contribution is -2.35. The van der Waals surface area contributed by atoms with Crippen LogP contribution in [0.2, 0.25) is 0 Å². The van der Waals surface area contributed by atoms with Gasteiger partial charge in [-0.1, -0.05) is 35.6 Å². The third kappa shape index (κ3) is 4.23. The molecule has 0 spiro atoms. The number of carbonyl (C=O) groups excluding carboxylic acids is 1. The van der Waals surface area contributed by atoms with Crippen molar-refractivity contribution in [3.8, 4) is 5.13 Å². The third-order valence-corrected chi connectivity index (χ3v) is 9.21. The molecular weight excluding hydrogens is 525 g/mol. The normalized spacial score (nSPS) is 13.5. The number of benzene rings is 3. The monoisotopic (exact) mass is 547 g/mol. The Hall–Kier alpha value is -4.09. The van der Waals surface area contributed by atoms with Crippen LogP contribution in [0.25, 0.3) is 15.3 Å². The molecule has 0 aliphatic carbocycles. The van der Waals surface area contributed by atoms with Gasteiger partial charge in [-0.3, -0.25) is 9.10 Å². The first kappa shape index (κ1) is 24.3. The third-order valence-electron chi connectivity index (χ3n) is 6.38. The number of rotatable bonds is 5. The number of fused-ring (bicyclic) bond motifs is 2. The molecule has 0 saturated carbocycles. The highest BCUT2D eigenvalue weighted by molar-refractivity contribution is 7.92. The highest BCUT2D eigenvalue weighted by Gasteiger charge is 2.29. The molecule has 0 saturated heterocycles. The highest BCUT2D eigenvalue weighted by Crippen LogP contribution is 2.32. The molecule has 1 amide bonds. The molecule has 0 atom stereocenters. The van der Waals surface area contributed by atoms with Gasteiger partial charge < -0.3 is 5.32 Å². The van der Waals surface area contributed by atoms with Crippen LogP contribution < -0.4 is 9.62 Å². The number of para-hydroxylation sites is 2. The molecule has 3 aromatic carbocycles. The lowest BCUT2D eigenvalue weighted by molar-refractivity contribution is 0.102. The maximum Gasteiger partial charge on any atom is 0.264 e. The molecule has 1 aliphatic rings. The summed E-state index contributed by atoms with van der Waals surface area (Å²) in [5.74, 6) is -0.498. The van der Waals surface area contributed by atoms with Gasteiger partial charge in [-0.2, -0.15) is 9.78 Å². The second-order valence-corrected chi connectivity index (χ2v) is 11.8. The van der Waals surface area contributed by atoms with Crippen molar-refractivity contribution in [2.75, 3.05) is 16.2 Å². The Morgan fingerprint density at radius 1 is 1.05 bits per heavy atom. The molecule has 0 bridgehead atoms. The van der Waals surface area contributed by atoms with Crippen molar-refractivity contribution in [3.05, 3.63) is 95.4 Å². The van der Waals surface area contributed by atoms with E-state index >= 15 is 0 Å². The number of anilines is 2. The SMILES string of the molecule is Cc1cc(NC(=O)c2ccc(S(=O)(=O)N3CCCc4ccccc43)cc2)n(-c2nc3c(F)cccc3s2)n1. The van der Waals surface area contributed by atoms with Crippen LogP contribution in [0.1, 0.15) is 28.0 Å². The van der Waals surface area contributed by atoms with Gasteiger partial charge >= 0.3 is 0 Å². The number of hydrogen-bond donors (Lipinski definition) is 1. The molecule has 1 aliphatic heterocycles. The number of nitrogens with one attached hydrogen (secondary N) is 1. The van der Waals surface area contributed by atoms with E-state index in [4.69, 9.17) is 0 Å². The summed E-state index contributed by atoms with van der Waals surface area (Å²) in [6, 6.07) is 19.8. The fraction of sp³-hybridized carbons (Fsp3) is 0.148. The minimum Gasteiger partial charge on any atom is -0.306 e. The summed E-state index contributed by atoms with van der Waals surface area (Å²) in [6.07, 6.45) is 1.58. The van der Waals surface area contributed by atoms with E-state index in [-0.39, 0.29) is 16.0 Å². The van der Waals surface area contributed by atoms with Crippen LogP contribution >= 0.6 is 11.3 Å². The van der Waals surface area contributed by atoms with Crippen LogP contribution in [-0.2, 0) is 16.4 Å². The quantitative estimate of drug-likeness (QED) is 0.321. The molecule has 3 heterocycles. The predicted octanol–water partition coefficient (Wildman–Crippen LogP) is 5.32. The van der Waals surface area contributed by atoms with Crippen molar-refractivity contribution in [1.82, 2.24) is 14.8 Å². The van der Waals surface area contributed by atoms with E-state index in [0.717, 1.165) is 18.4 Å². The van der Waals surface area contributed by atoms with Gasteiger partial charge in [-0.05, 0) is 67.8 Å². The fourth-order valence-corrected chi connectivity index (χ4v) is 7.06. The van der Waals surface area contributed by atoms with Gasteiger partial charge in [0.1, 0.15) is 17.2 Å². The van der Waals surface area contributed by atoms with Gasteiger partial charge in [-0.15, -0.1) is 0 Å². The highest BCUT2D eigenvalue weighted by atomic mass is 32.2. The molecule has 192 valence electrons. The second kappa shape index (κ2) is 9.34. The molecule has 0 fully saturated rings. The molecule has 2 aromatic heterocycles. The minimum atomic E-state index is -3.78. The maximum atomic E-state index is 14.2. The summed E-state index contributed by atoms with van der Waals surface area (Å²) in [6.45, 7) is 2.18. The zero-order chi connectivity index (χ0) is 26.4. The Bertz CT molecular complexity index is 1800. The van der Waals surface area contributed by atoms with E-state index in [2.05, 4.69) is 15.4 Å². The van der Waals surface area contributed by atoms with Crippen LogP contribution in [0.4, 0.5) is 15.9 Å². The van der Waals surface area contributed by atoms with Gasteiger partial charge in [0.25, 0.3) is 15.9 Å². The minimum absolute atomic E-state index is 0.114. The number of thiazole rings is 1. The van der Waals surface area contributed by atoms with E-state index < -0.39 is 21.7 Å². The average molecular weight is 548 g/mol. The number of amides is 1.